The maximum Gasteiger partial charge on any atom is 0.446 e. The van der Waals surface area contributed by atoms with E-state index in [0.29, 0.717) is 38.0 Å². The Labute approximate surface area is 188 Å². The number of carbonyl (C=O) groups is 2. The summed E-state index contributed by atoms with van der Waals surface area (Å²) in [6, 6.07) is 13.5. The molecule has 0 aromatic heterocycles. The first-order valence-corrected chi connectivity index (χ1v) is 11.1. The van der Waals surface area contributed by atoms with Gasteiger partial charge in [-0.3, -0.25) is 9.69 Å². The topological polar surface area (TPSA) is 49.9 Å². The standard InChI is InChI=1S/C23H23F3N2O3S/c1-16-4-2-3-5-19(16)20(29)27-12-10-22(11-13-27)15-28(21(30)31-22)14-17-6-8-18(9-7-17)32-23(24,25)26/h2-9H,10-15H2,1H3. The number of carbonyl (C=O) groups excluding carboxylic acids is 2. The summed E-state index contributed by atoms with van der Waals surface area (Å²) < 4.78 is 43.2. The van der Waals surface area contributed by atoms with Crippen molar-refractivity contribution in [2.24, 2.45) is 0 Å². The summed E-state index contributed by atoms with van der Waals surface area (Å²) in [6.45, 7) is 3.57. The van der Waals surface area contributed by atoms with E-state index in [9.17, 15) is 22.8 Å². The predicted octanol–water partition coefficient (Wildman–Crippen LogP) is 5.23. The Kier molecular flexibility index (Phi) is 6.11. The summed E-state index contributed by atoms with van der Waals surface area (Å²) in [5.74, 6) is -0.0176. The first kappa shape index (κ1) is 22.5. The van der Waals surface area contributed by atoms with Gasteiger partial charge in [-0.05, 0) is 48.0 Å². The number of piperidine rings is 1. The number of ether oxygens (including phenoxy) is 1. The van der Waals surface area contributed by atoms with Crippen LogP contribution in [-0.4, -0.2) is 52.5 Å². The van der Waals surface area contributed by atoms with Gasteiger partial charge in [0.2, 0.25) is 0 Å². The summed E-state index contributed by atoms with van der Waals surface area (Å²) in [7, 11) is 0. The van der Waals surface area contributed by atoms with E-state index in [1.165, 1.54) is 12.1 Å². The van der Waals surface area contributed by atoms with Gasteiger partial charge < -0.3 is 9.64 Å². The largest absolute Gasteiger partial charge is 0.446 e. The summed E-state index contributed by atoms with van der Waals surface area (Å²) in [6.07, 6.45) is 0.666. The van der Waals surface area contributed by atoms with Gasteiger partial charge in [-0.2, -0.15) is 13.2 Å². The number of hydrogen-bond donors (Lipinski definition) is 0. The number of thioether (sulfide) groups is 1. The van der Waals surface area contributed by atoms with E-state index < -0.39 is 17.2 Å². The van der Waals surface area contributed by atoms with Crippen molar-refractivity contribution in [3.8, 4) is 0 Å². The third-order valence-corrected chi connectivity index (χ3v) is 6.65. The van der Waals surface area contributed by atoms with Crippen LogP contribution in [0.3, 0.4) is 0 Å². The average Bonchev–Trinajstić information content (AvgIpc) is 3.03. The molecule has 170 valence electrons. The van der Waals surface area contributed by atoms with E-state index in [4.69, 9.17) is 4.74 Å². The molecule has 0 N–H and O–H groups in total. The molecule has 2 fully saturated rings. The highest BCUT2D eigenvalue weighted by molar-refractivity contribution is 8.00. The lowest BCUT2D eigenvalue weighted by Gasteiger charge is -2.37. The molecule has 2 aliphatic heterocycles. The number of hydrogen-bond acceptors (Lipinski definition) is 4. The van der Waals surface area contributed by atoms with Gasteiger partial charge in [-0.1, -0.05) is 30.3 Å². The number of amides is 2. The molecule has 0 aliphatic carbocycles. The maximum atomic E-state index is 12.8. The lowest BCUT2D eigenvalue weighted by Crippen LogP contribution is -2.48. The van der Waals surface area contributed by atoms with E-state index in [0.717, 1.165) is 11.1 Å². The van der Waals surface area contributed by atoms with Crippen LogP contribution in [0.5, 0.6) is 0 Å². The molecular weight excluding hydrogens is 441 g/mol. The molecule has 1 spiro atoms. The molecule has 2 saturated heterocycles. The number of rotatable bonds is 4. The fourth-order valence-corrected chi connectivity index (χ4v) is 4.73. The highest BCUT2D eigenvalue weighted by atomic mass is 32.2. The van der Waals surface area contributed by atoms with Crippen molar-refractivity contribution in [2.75, 3.05) is 19.6 Å². The van der Waals surface area contributed by atoms with Crippen LogP contribution in [0.2, 0.25) is 0 Å². The third-order valence-electron chi connectivity index (χ3n) is 5.91. The van der Waals surface area contributed by atoms with Crippen LogP contribution in [0.25, 0.3) is 0 Å². The van der Waals surface area contributed by atoms with Crippen LogP contribution in [0, 0.1) is 6.92 Å². The first-order valence-electron chi connectivity index (χ1n) is 10.3. The zero-order chi connectivity index (χ0) is 22.9. The second-order valence-corrected chi connectivity index (χ2v) is 9.34. The molecule has 0 atom stereocenters. The Morgan fingerprint density at radius 2 is 1.75 bits per heavy atom. The van der Waals surface area contributed by atoms with Crippen molar-refractivity contribution in [1.82, 2.24) is 9.80 Å². The molecule has 2 aliphatic rings. The molecule has 9 heteroatoms. The minimum atomic E-state index is -4.33. The Morgan fingerprint density at radius 1 is 1.09 bits per heavy atom. The molecule has 0 saturated carbocycles. The van der Waals surface area contributed by atoms with E-state index in [2.05, 4.69) is 0 Å². The quantitative estimate of drug-likeness (QED) is 0.581. The minimum Gasteiger partial charge on any atom is -0.441 e. The minimum absolute atomic E-state index is 0.0176. The molecule has 4 rings (SSSR count). The van der Waals surface area contributed by atoms with Crippen molar-refractivity contribution in [1.29, 1.82) is 0 Å². The van der Waals surface area contributed by atoms with Crippen LogP contribution >= 0.6 is 11.8 Å². The van der Waals surface area contributed by atoms with Gasteiger partial charge in [-0.15, -0.1) is 0 Å². The number of benzene rings is 2. The number of halogens is 3. The van der Waals surface area contributed by atoms with Gasteiger partial charge in [0.1, 0.15) is 5.60 Å². The molecule has 5 nitrogen and oxygen atoms in total. The molecule has 0 bridgehead atoms. The van der Waals surface area contributed by atoms with Crippen molar-refractivity contribution in [3.63, 3.8) is 0 Å². The van der Waals surface area contributed by atoms with Crippen LogP contribution in [0.15, 0.2) is 53.4 Å². The highest BCUT2D eigenvalue weighted by Gasteiger charge is 2.47. The fourth-order valence-electron chi connectivity index (χ4n) is 4.19. The van der Waals surface area contributed by atoms with Crippen LogP contribution in [0.4, 0.5) is 18.0 Å². The highest BCUT2D eigenvalue weighted by Crippen LogP contribution is 2.37. The number of nitrogens with zero attached hydrogens (tertiary/aromatic N) is 2. The van der Waals surface area contributed by atoms with Gasteiger partial charge in [-0.25, -0.2) is 4.79 Å². The SMILES string of the molecule is Cc1ccccc1C(=O)N1CCC2(CC1)CN(Cc1ccc(SC(F)(F)F)cc1)C(=O)O2. The Morgan fingerprint density at radius 3 is 2.38 bits per heavy atom. The van der Waals surface area contributed by atoms with Gasteiger partial charge in [0, 0.05) is 42.9 Å². The molecule has 0 radical (unpaired) electrons. The van der Waals surface area contributed by atoms with Crippen molar-refractivity contribution >= 4 is 23.8 Å². The molecule has 2 heterocycles. The van der Waals surface area contributed by atoms with Gasteiger partial charge >= 0.3 is 11.6 Å². The first-order chi connectivity index (χ1) is 15.1. The maximum absolute atomic E-state index is 12.8. The summed E-state index contributed by atoms with van der Waals surface area (Å²) in [4.78, 5) is 28.8. The summed E-state index contributed by atoms with van der Waals surface area (Å²) in [5.41, 5.74) is -2.62. The summed E-state index contributed by atoms with van der Waals surface area (Å²) in [5, 5.41) is 0. The zero-order valence-electron chi connectivity index (χ0n) is 17.5. The Balaban J connectivity index is 1.35. The zero-order valence-corrected chi connectivity index (χ0v) is 18.3. The van der Waals surface area contributed by atoms with Gasteiger partial charge in [0.25, 0.3) is 5.91 Å². The lowest BCUT2D eigenvalue weighted by molar-refractivity contribution is -0.0328. The number of likely N-dealkylation sites (tertiary alicyclic amines) is 1. The van der Waals surface area contributed by atoms with Crippen LogP contribution in [0.1, 0.15) is 34.3 Å². The van der Waals surface area contributed by atoms with Crippen molar-refractivity contribution < 1.29 is 27.5 Å². The van der Waals surface area contributed by atoms with Gasteiger partial charge in [0.05, 0.1) is 6.54 Å². The predicted molar refractivity (Wildman–Crippen MR) is 114 cm³/mol. The number of alkyl halides is 3. The van der Waals surface area contributed by atoms with Crippen LogP contribution < -0.4 is 0 Å². The molecular formula is C23H23F3N2O3S. The van der Waals surface area contributed by atoms with Crippen LogP contribution in [-0.2, 0) is 11.3 Å². The third kappa shape index (κ3) is 5.03. The average molecular weight is 465 g/mol. The monoisotopic (exact) mass is 464 g/mol. The van der Waals surface area contributed by atoms with E-state index >= 15 is 0 Å². The Hall–Kier alpha value is -2.68. The lowest BCUT2D eigenvalue weighted by atomic mass is 9.90. The molecule has 2 aromatic rings. The fraction of sp³-hybridized carbons (Fsp3) is 0.391. The Bertz CT molecular complexity index is 1000. The van der Waals surface area contributed by atoms with Crippen molar-refractivity contribution in [2.45, 2.75) is 42.3 Å². The van der Waals surface area contributed by atoms with Gasteiger partial charge in [0.15, 0.2) is 0 Å². The second kappa shape index (κ2) is 8.69. The van der Waals surface area contributed by atoms with E-state index in [-0.39, 0.29) is 29.1 Å². The molecule has 0 unspecified atom stereocenters. The van der Waals surface area contributed by atoms with E-state index in [1.807, 2.05) is 31.2 Å². The van der Waals surface area contributed by atoms with E-state index in [1.54, 1.807) is 21.9 Å². The summed E-state index contributed by atoms with van der Waals surface area (Å²) >= 11 is -0.165. The molecule has 2 aromatic carbocycles. The number of aryl methyl sites for hydroxylation is 1. The molecule has 32 heavy (non-hydrogen) atoms. The second-order valence-electron chi connectivity index (χ2n) is 8.21. The van der Waals surface area contributed by atoms with Crippen molar-refractivity contribution in [3.05, 3.63) is 65.2 Å². The smallest absolute Gasteiger partial charge is 0.441 e. The molecule has 2 amide bonds. The normalized spacial score (nSPS) is 18.2.